The minimum atomic E-state index is -0.00404. The van der Waals surface area contributed by atoms with Crippen LogP contribution in [0.1, 0.15) is 24.0 Å². The maximum Gasteiger partial charge on any atom is 0.272 e. The zero-order valence-electron chi connectivity index (χ0n) is 15.5. The van der Waals surface area contributed by atoms with Crippen molar-refractivity contribution < 1.29 is 4.74 Å². The molecule has 3 aromatic heterocycles. The number of rotatable bonds is 5. The summed E-state index contributed by atoms with van der Waals surface area (Å²) in [4.78, 5) is 13.0. The van der Waals surface area contributed by atoms with E-state index in [2.05, 4.69) is 41.4 Å². The molecule has 1 aliphatic heterocycles. The Morgan fingerprint density at radius 2 is 2.25 bits per heavy atom. The molecular formula is C20H20N4O2S2. The van der Waals surface area contributed by atoms with Gasteiger partial charge in [0.1, 0.15) is 4.70 Å². The Morgan fingerprint density at radius 3 is 3.07 bits per heavy atom. The highest BCUT2D eigenvalue weighted by Crippen LogP contribution is 2.27. The van der Waals surface area contributed by atoms with E-state index in [4.69, 9.17) is 4.74 Å². The van der Waals surface area contributed by atoms with Gasteiger partial charge in [-0.2, -0.15) is 0 Å². The van der Waals surface area contributed by atoms with Crippen LogP contribution in [0.2, 0.25) is 0 Å². The molecule has 0 amide bonds. The van der Waals surface area contributed by atoms with E-state index < -0.39 is 0 Å². The Morgan fingerprint density at radius 1 is 1.32 bits per heavy atom. The number of benzene rings is 1. The van der Waals surface area contributed by atoms with Crippen LogP contribution in [-0.4, -0.2) is 31.9 Å². The molecule has 8 heteroatoms. The van der Waals surface area contributed by atoms with Gasteiger partial charge in [0.2, 0.25) is 5.78 Å². The first-order valence-electron chi connectivity index (χ1n) is 9.36. The van der Waals surface area contributed by atoms with Crippen molar-refractivity contribution in [3.8, 4) is 0 Å². The van der Waals surface area contributed by atoms with E-state index >= 15 is 0 Å². The lowest BCUT2D eigenvalue weighted by Crippen LogP contribution is -2.28. The summed E-state index contributed by atoms with van der Waals surface area (Å²) >= 11 is 3.11. The van der Waals surface area contributed by atoms with Crippen LogP contribution in [0, 0.1) is 6.92 Å². The van der Waals surface area contributed by atoms with Crippen LogP contribution >= 0.6 is 23.1 Å². The maximum absolute atomic E-state index is 13.0. The number of hydrogen-bond donors (Lipinski definition) is 0. The first kappa shape index (κ1) is 17.9. The molecule has 1 aliphatic rings. The molecule has 1 atom stereocenters. The lowest BCUT2D eigenvalue weighted by atomic mass is 10.2. The lowest BCUT2D eigenvalue weighted by molar-refractivity contribution is 0.0969. The molecule has 1 fully saturated rings. The van der Waals surface area contributed by atoms with Gasteiger partial charge in [-0.3, -0.25) is 13.8 Å². The topological polar surface area (TPSA) is 61.4 Å². The van der Waals surface area contributed by atoms with Crippen LogP contribution in [0.4, 0.5) is 0 Å². The van der Waals surface area contributed by atoms with Crippen LogP contribution in [0.3, 0.4) is 0 Å². The third-order valence-corrected chi connectivity index (χ3v) is 6.93. The number of hydrogen-bond acceptors (Lipinski definition) is 6. The monoisotopic (exact) mass is 412 g/mol. The zero-order valence-corrected chi connectivity index (χ0v) is 17.1. The van der Waals surface area contributed by atoms with Crippen molar-refractivity contribution in [1.29, 1.82) is 0 Å². The molecule has 0 bridgehead atoms. The van der Waals surface area contributed by atoms with Gasteiger partial charge < -0.3 is 4.74 Å². The lowest BCUT2D eigenvalue weighted by Gasteiger charge is -2.13. The maximum atomic E-state index is 13.0. The average molecular weight is 413 g/mol. The van der Waals surface area contributed by atoms with E-state index in [1.165, 1.54) is 22.5 Å². The number of ether oxygens (including phenoxy) is 1. The van der Waals surface area contributed by atoms with Crippen LogP contribution in [0.5, 0.6) is 0 Å². The molecule has 5 rings (SSSR count). The van der Waals surface area contributed by atoms with Crippen molar-refractivity contribution in [2.24, 2.45) is 0 Å². The van der Waals surface area contributed by atoms with Gasteiger partial charge in [0, 0.05) is 12.4 Å². The molecule has 0 unspecified atom stereocenters. The van der Waals surface area contributed by atoms with E-state index in [1.807, 2.05) is 15.8 Å². The Kier molecular flexibility index (Phi) is 4.70. The van der Waals surface area contributed by atoms with Crippen molar-refractivity contribution in [2.45, 2.75) is 43.3 Å². The number of nitrogens with zero attached hydrogens (tertiary/aromatic N) is 4. The number of fused-ring (bicyclic) bond motifs is 3. The van der Waals surface area contributed by atoms with E-state index in [0.717, 1.165) is 40.6 Å². The normalized spacial score (nSPS) is 17.1. The van der Waals surface area contributed by atoms with Gasteiger partial charge in [-0.1, -0.05) is 41.6 Å². The summed E-state index contributed by atoms with van der Waals surface area (Å²) in [5.74, 6) is 1.40. The molecule has 1 aromatic carbocycles. The first-order chi connectivity index (χ1) is 13.7. The smallest absolute Gasteiger partial charge is 0.272 e. The summed E-state index contributed by atoms with van der Waals surface area (Å²) in [7, 11) is 0. The van der Waals surface area contributed by atoms with Crippen molar-refractivity contribution in [1.82, 2.24) is 19.2 Å². The zero-order chi connectivity index (χ0) is 19.1. The quantitative estimate of drug-likeness (QED) is 0.466. The molecule has 28 heavy (non-hydrogen) atoms. The summed E-state index contributed by atoms with van der Waals surface area (Å²) in [6.45, 7) is 3.39. The molecule has 0 spiro atoms. The molecule has 144 valence electrons. The van der Waals surface area contributed by atoms with E-state index in [-0.39, 0.29) is 11.7 Å². The standard InChI is InChI=1S/C20H20N4O2S2/c1-13-4-2-5-14(10-13)12-28-20-22-21-19-23(11-15-6-3-8-26-15)18(25)17-16(24(19)20)7-9-27-17/h2,4-5,7,9-10,15H,3,6,8,11-12H2,1H3/t15-/m0/s1. The second kappa shape index (κ2) is 7.35. The molecule has 6 nitrogen and oxygen atoms in total. The second-order valence-electron chi connectivity index (χ2n) is 7.08. The SMILES string of the molecule is Cc1cccc(CSc2nnc3n(C[C@@H]4CCCO4)c(=O)c4sccc4n23)c1. The van der Waals surface area contributed by atoms with E-state index in [0.29, 0.717) is 12.3 Å². The Balaban J connectivity index is 1.57. The molecule has 0 aliphatic carbocycles. The van der Waals surface area contributed by atoms with Gasteiger partial charge in [-0.05, 0) is 36.8 Å². The van der Waals surface area contributed by atoms with E-state index in [9.17, 15) is 4.79 Å². The van der Waals surface area contributed by atoms with Crippen molar-refractivity contribution in [2.75, 3.05) is 6.61 Å². The Bertz CT molecular complexity index is 1200. The number of thioether (sulfide) groups is 1. The van der Waals surface area contributed by atoms with Gasteiger partial charge in [0.25, 0.3) is 5.56 Å². The van der Waals surface area contributed by atoms with Gasteiger partial charge in [-0.25, -0.2) is 0 Å². The van der Waals surface area contributed by atoms with Crippen molar-refractivity contribution >= 4 is 39.1 Å². The predicted octanol–water partition coefficient (Wildman–Crippen LogP) is 3.89. The van der Waals surface area contributed by atoms with Crippen molar-refractivity contribution in [3.05, 3.63) is 57.2 Å². The highest BCUT2D eigenvalue weighted by atomic mass is 32.2. The first-order valence-corrected chi connectivity index (χ1v) is 11.2. The molecule has 4 aromatic rings. The molecule has 0 N–H and O–H groups in total. The summed E-state index contributed by atoms with van der Waals surface area (Å²) < 4.78 is 10.2. The summed E-state index contributed by atoms with van der Waals surface area (Å²) in [5.41, 5.74) is 3.37. The third kappa shape index (κ3) is 3.15. The second-order valence-corrected chi connectivity index (χ2v) is 8.94. The summed E-state index contributed by atoms with van der Waals surface area (Å²) in [5, 5.41) is 11.6. The summed E-state index contributed by atoms with van der Waals surface area (Å²) in [6.07, 6.45) is 2.09. The fraction of sp³-hybridized carbons (Fsp3) is 0.350. The van der Waals surface area contributed by atoms with Gasteiger partial charge in [0.05, 0.1) is 18.2 Å². The number of aromatic nitrogens is 4. The minimum Gasteiger partial charge on any atom is -0.376 e. The predicted molar refractivity (Wildman–Crippen MR) is 112 cm³/mol. The summed E-state index contributed by atoms with van der Waals surface area (Å²) in [6, 6.07) is 10.5. The largest absolute Gasteiger partial charge is 0.376 e. The van der Waals surface area contributed by atoms with Crippen LogP contribution < -0.4 is 5.56 Å². The number of thiophene rings is 1. The minimum absolute atomic E-state index is 0.00404. The average Bonchev–Trinajstić information content (AvgIpc) is 3.43. The highest BCUT2D eigenvalue weighted by Gasteiger charge is 2.22. The molecule has 1 saturated heterocycles. The van der Waals surface area contributed by atoms with Crippen LogP contribution in [0.25, 0.3) is 16.0 Å². The fourth-order valence-electron chi connectivity index (χ4n) is 3.70. The van der Waals surface area contributed by atoms with Gasteiger partial charge in [0.15, 0.2) is 5.16 Å². The molecule has 4 heterocycles. The third-order valence-electron chi connectivity index (χ3n) is 5.04. The highest BCUT2D eigenvalue weighted by molar-refractivity contribution is 7.98. The molecule has 0 radical (unpaired) electrons. The molecule has 0 saturated carbocycles. The fourth-order valence-corrected chi connectivity index (χ4v) is 5.41. The number of aryl methyl sites for hydroxylation is 1. The van der Waals surface area contributed by atoms with Crippen molar-refractivity contribution in [3.63, 3.8) is 0 Å². The Hall–Kier alpha value is -2.16. The molecular weight excluding hydrogens is 392 g/mol. The van der Waals surface area contributed by atoms with E-state index in [1.54, 1.807) is 16.3 Å². The van der Waals surface area contributed by atoms with Crippen LogP contribution in [-0.2, 0) is 17.0 Å². The van der Waals surface area contributed by atoms with Gasteiger partial charge >= 0.3 is 0 Å². The van der Waals surface area contributed by atoms with Crippen LogP contribution in [0.15, 0.2) is 45.7 Å². The Labute approximate surface area is 170 Å². The van der Waals surface area contributed by atoms with Gasteiger partial charge in [-0.15, -0.1) is 21.5 Å².